The van der Waals surface area contributed by atoms with E-state index in [1.54, 1.807) is 0 Å². The smallest absolute Gasteiger partial charge is 0.320 e. The zero-order chi connectivity index (χ0) is 20.8. The second-order valence-corrected chi connectivity index (χ2v) is 6.02. The Kier molecular flexibility index (Phi) is 12.4. The van der Waals surface area contributed by atoms with Crippen LogP contribution in [0.25, 0.3) is 0 Å². The van der Waals surface area contributed by atoms with Gasteiger partial charge in [-0.05, 0) is 44.7 Å². The van der Waals surface area contributed by atoms with Gasteiger partial charge in [0.2, 0.25) is 0 Å². The molecule has 0 fully saturated rings. The summed E-state index contributed by atoms with van der Waals surface area (Å²) in [4.78, 5) is 31.7. The number of hydrogen-bond acceptors (Lipinski definition) is 6. The van der Waals surface area contributed by atoms with Crippen LogP contribution in [0.4, 0.5) is 0 Å². The molecular weight excluding hydrogens is 354 g/mol. The Bertz CT molecular complexity index is 582. The van der Waals surface area contributed by atoms with Crippen LogP contribution in [0.15, 0.2) is 30.3 Å². The van der Waals surface area contributed by atoms with Crippen molar-refractivity contribution in [3.63, 3.8) is 0 Å². The van der Waals surface area contributed by atoms with Crippen molar-refractivity contribution in [2.75, 3.05) is 6.54 Å². The highest BCUT2D eigenvalue weighted by atomic mass is 16.4. The number of nitrogens with two attached hydrogens (primary N) is 2. The average molecular weight is 383 g/mol. The Labute approximate surface area is 158 Å². The van der Waals surface area contributed by atoms with Gasteiger partial charge in [0.05, 0.1) is 0 Å². The maximum Gasteiger partial charge on any atom is 0.320 e. The van der Waals surface area contributed by atoms with Gasteiger partial charge < -0.3 is 26.8 Å². The number of hydrogen-bond donors (Lipinski definition) is 6. The van der Waals surface area contributed by atoms with Crippen molar-refractivity contribution in [2.24, 2.45) is 11.5 Å². The molecule has 0 aliphatic rings. The number of aryl methyl sites for hydroxylation is 1. The van der Waals surface area contributed by atoms with E-state index in [1.165, 1.54) is 6.92 Å². The standard InChI is InChI=1S/C13H17NO4.C5H12N2O2/c1-9(12(15)16)14-11(13(17)18)8-7-10-5-3-2-4-6-10;6-3-1-2-4(7)5(8)9/h2-6,9,11,14H,7-8H2,1H3,(H,15,16)(H,17,18);4H,1-3,6-7H2,(H,8,9)/t9-,11+;/m1./s1. The van der Waals surface area contributed by atoms with Crippen molar-refractivity contribution in [1.29, 1.82) is 0 Å². The molecule has 3 atom stereocenters. The molecule has 0 bridgehead atoms. The summed E-state index contributed by atoms with van der Waals surface area (Å²) in [5, 5.41) is 28.6. The van der Waals surface area contributed by atoms with Crippen molar-refractivity contribution in [3.05, 3.63) is 35.9 Å². The lowest BCUT2D eigenvalue weighted by atomic mass is 10.0. The summed E-state index contributed by atoms with van der Waals surface area (Å²) in [6.45, 7) is 1.93. The second-order valence-electron chi connectivity index (χ2n) is 6.02. The molecule has 1 unspecified atom stereocenters. The van der Waals surface area contributed by atoms with Crippen LogP contribution in [0.2, 0.25) is 0 Å². The summed E-state index contributed by atoms with van der Waals surface area (Å²) in [7, 11) is 0. The minimum Gasteiger partial charge on any atom is -0.480 e. The lowest BCUT2D eigenvalue weighted by Crippen LogP contribution is -2.45. The highest BCUT2D eigenvalue weighted by Gasteiger charge is 2.22. The zero-order valence-electron chi connectivity index (χ0n) is 15.4. The summed E-state index contributed by atoms with van der Waals surface area (Å²) in [6.07, 6.45) is 2.09. The normalized spacial score (nSPS) is 13.6. The third kappa shape index (κ3) is 11.7. The SMILES string of the molecule is C[C@@H](N[C@@H](CCc1ccccc1)C(=O)O)C(=O)O.NCCCC(N)C(=O)O. The van der Waals surface area contributed by atoms with Crippen LogP contribution in [0.3, 0.4) is 0 Å². The molecule has 0 aliphatic heterocycles. The van der Waals surface area contributed by atoms with Crippen LogP contribution in [0.5, 0.6) is 0 Å². The van der Waals surface area contributed by atoms with Gasteiger partial charge in [-0.25, -0.2) is 0 Å². The van der Waals surface area contributed by atoms with Crippen molar-refractivity contribution in [3.8, 4) is 0 Å². The largest absolute Gasteiger partial charge is 0.480 e. The molecule has 0 saturated carbocycles. The van der Waals surface area contributed by atoms with Crippen LogP contribution in [0, 0.1) is 0 Å². The van der Waals surface area contributed by atoms with Crippen LogP contribution in [0.1, 0.15) is 31.7 Å². The third-order valence-electron chi connectivity index (χ3n) is 3.72. The minimum atomic E-state index is -1.05. The number of carboxylic acid groups (broad SMARTS) is 3. The predicted octanol–water partition coefficient (Wildman–Crippen LogP) is 0.272. The summed E-state index contributed by atoms with van der Waals surface area (Å²) in [6, 6.07) is 7.03. The second kappa shape index (κ2) is 13.7. The van der Waals surface area contributed by atoms with E-state index >= 15 is 0 Å². The van der Waals surface area contributed by atoms with Crippen molar-refractivity contribution in [1.82, 2.24) is 5.32 Å². The summed E-state index contributed by atoms with van der Waals surface area (Å²) < 4.78 is 0. The number of benzene rings is 1. The quantitative estimate of drug-likeness (QED) is 0.313. The molecule has 27 heavy (non-hydrogen) atoms. The first-order valence-corrected chi connectivity index (χ1v) is 8.63. The Balaban J connectivity index is 0.000000636. The highest BCUT2D eigenvalue weighted by molar-refractivity contribution is 5.77. The van der Waals surface area contributed by atoms with E-state index in [4.69, 9.17) is 26.8 Å². The van der Waals surface area contributed by atoms with Crippen LogP contribution < -0.4 is 16.8 Å². The molecule has 9 heteroatoms. The molecule has 1 aromatic rings. The summed E-state index contributed by atoms with van der Waals surface area (Å²) >= 11 is 0. The van der Waals surface area contributed by atoms with E-state index < -0.39 is 36.0 Å². The van der Waals surface area contributed by atoms with E-state index in [9.17, 15) is 14.4 Å². The van der Waals surface area contributed by atoms with Gasteiger partial charge in [0.25, 0.3) is 0 Å². The van der Waals surface area contributed by atoms with Crippen LogP contribution in [-0.4, -0.2) is 57.9 Å². The van der Waals surface area contributed by atoms with Crippen molar-refractivity contribution in [2.45, 2.75) is 50.7 Å². The fourth-order valence-corrected chi connectivity index (χ4v) is 2.07. The van der Waals surface area contributed by atoms with Gasteiger partial charge in [-0.15, -0.1) is 0 Å². The monoisotopic (exact) mass is 383 g/mol. The maximum atomic E-state index is 11.0. The molecule has 1 rings (SSSR count). The highest BCUT2D eigenvalue weighted by Crippen LogP contribution is 2.06. The Morgan fingerprint density at radius 2 is 1.59 bits per heavy atom. The molecule has 0 spiro atoms. The third-order valence-corrected chi connectivity index (χ3v) is 3.72. The molecule has 0 saturated heterocycles. The molecular formula is C18H29N3O6. The zero-order valence-corrected chi connectivity index (χ0v) is 15.4. The first-order valence-electron chi connectivity index (χ1n) is 8.63. The van der Waals surface area contributed by atoms with E-state index in [-0.39, 0.29) is 0 Å². The molecule has 1 aromatic carbocycles. The van der Waals surface area contributed by atoms with Crippen molar-refractivity contribution < 1.29 is 29.7 Å². The molecule has 9 nitrogen and oxygen atoms in total. The number of carbonyl (C=O) groups is 3. The van der Waals surface area contributed by atoms with Crippen molar-refractivity contribution >= 4 is 17.9 Å². The first kappa shape index (κ1) is 24.5. The molecule has 152 valence electrons. The van der Waals surface area contributed by atoms with E-state index in [0.29, 0.717) is 32.2 Å². The molecule has 0 amide bonds. The average Bonchev–Trinajstić information content (AvgIpc) is 2.63. The van der Waals surface area contributed by atoms with Gasteiger partial charge in [0.15, 0.2) is 0 Å². The molecule has 8 N–H and O–H groups in total. The van der Waals surface area contributed by atoms with Gasteiger partial charge in [-0.3, -0.25) is 19.7 Å². The van der Waals surface area contributed by atoms with Gasteiger partial charge in [0.1, 0.15) is 18.1 Å². The maximum absolute atomic E-state index is 11.0. The first-order chi connectivity index (χ1) is 12.7. The number of aliphatic carboxylic acids is 3. The topological polar surface area (TPSA) is 176 Å². The van der Waals surface area contributed by atoms with Gasteiger partial charge >= 0.3 is 17.9 Å². The Morgan fingerprint density at radius 1 is 1.00 bits per heavy atom. The van der Waals surface area contributed by atoms with Gasteiger partial charge in [-0.2, -0.15) is 0 Å². The lowest BCUT2D eigenvalue weighted by molar-refractivity contribution is -0.142. The van der Waals surface area contributed by atoms with E-state index in [2.05, 4.69) is 5.32 Å². The minimum absolute atomic E-state index is 0.358. The lowest BCUT2D eigenvalue weighted by Gasteiger charge is -2.17. The number of nitrogens with one attached hydrogen (secondary N) is 1. The van der Waals surface area contributed by atoms with Gasteiger partial charge in [0, 0.05) is 0 Å². The molecule has 0 heterocycles. The number of carboxylic acids is 3. The van der Waals surface area contributed by atoms with E-state index in [0.717, 1.165) is 5.56 Å². The Hall–Kier alpha value is -2.49. The Morgan fingerprint density at radius 3 is 2.04 bits per heavy atom. The van der Waals surface area contributed by atoms with Crippen LogP contribution >= 0.6 is 0 Å². The van der Waals surface area contributed by atoms with E-state index in [1.807, 2.05) is 30.3 Å². The predicted molar refractivity (Wildman–Crippen MR) is 100 cm³/mol. The fourth-order valence-electron chi connectivity index (χ4n) is 2.07. The molecule has 0 radical (unpaired) electrons. The van der Waals surface area contributed by atoms with Gasteiger partial charge in [-0.1, -0.05) is 30.3 Å². The molecule has 0 aliphatic carbocycles. The summed E-state index contributed by atoms with van der Waals surface area (Å²) in [5.74, 6) is -3.04. The van der Waals surface area contributed by atoms with Crippen LogP contribution in [-0.2, 0) is 20.8 Å². The fraction of sp³-hybridized carbons (Fsp3) is 0.500. The summed E-state index contributed by atoms with van der Waals surface area (Å²) in [5.41, 5.74) is 11.3. The number of rotatable bonds is 11. The molecule has 0 aromatic heterocycles.